The van der Waals surface area contributed by atoms with Crippen LogP contribution in [0.4, 0.5) is 0 Å². The molecule has 0 heterocycles. The van der Waals surface area contributed by atoms with Crippen LogP contribution in [0.1, 0.15) is 11.1 Å². The van der Waals surface area contributed by atoms with Gasteiger partial charge in [0, 0.05) is 25.5 Å². The quantitative estimate of drug-likeness (QED) is 0.185. The molecule has 0 bridgehead atoms. The van der Waals surface area contributed by atoms with Gasteiger partial charge in [-0.15, -0.1) is 11.5 Å². The van der Waals surface area contributed by atoms with E-state index in [0.29, 0.717) is 37.3 Å². The maximum absolute atomic E-state index is 11.1. The van der Waals surface area contributed by atoms with Crippen LogP contribution in [0, 0.1) is 0 Å². The van der Waals surface area contributed by atoms with Crippen molar-refractivity contribution in [3.63, 3.8) is 0 Å². The van der Waals surface area contributed by atoms with Crippen LogP contribution in [0.2, 0.25) is 0 Å². The largest absolute Gasteiger partial charge is 2.00 e. The van der Waals surface area contributed by atoms with E-state index in [2.05, 4.69) is 9.98 Å². The Kier molecular flexibility index (Phi) is 31.7. The number of para-hydroxylation sites is 2. The summed E-state index contributed by atoms with van der Waals surface area (Å²) in [7, 11) is 0. The second kappa shape index (κ2) is 28.0. The maximum Gasteiger partial charge on any atom is 2.00 e. The number of hydrogen-bond acceptors (Lipinski definition) is 6. The monoisotopic (exact) mass is 536 g/mol. The summed E-state index contributed by atoms with van der Waals surface area (Å²) < 4.78 is 0. The van der Waals surface area contributed by atoms with Gasteiger partial charge < -0.3 is 43.8 Å². The van der Waals surface area contributed by atoms with Crippen molar-refractivity contribution in [2.75, 3.05) is 26.2 Å². The van der Waals surface area contributed by atoms with Crippen molar-refractivity contribution >= 4 is 12.4 Å². The molecule has 0 atom stereocenters. The molecule has 4 N–H and O–H groups in total. The molecule has 2 aromatic carbocycles. The summed E-state index contributed by atoms with van der Waals surface area (Å²) in [6, 6.07) is 13.6. The predicted octanol–water partition coefficient (Wildman–Crippen LogP) is 2.00. The second-order valence-electron chi connectivity index (χ2n) is 4.90. The van der Waals surface area contributed by atoms with Gasteiger partial charge in [-0.25, -0.2) is 0 Å². The molecule has 0 fully saturated rings. The average Bonchev–Trinajstić information content (AvgIpc) is 2.73. The van der Waals surface area contributed by atoms with Gasteiger partial charge in [-0.2, -0.15) is 0 Å². The van der Waals surface area contributed by atoms with E-state index >= 15 is 0 Å². The van der Waals surface area contributed by atoms with Gasteiger partial charge in [0.05, 0.1) is 13.1 Å². The van der Waals surface area contributed by atoms with Crippen LogP contribution in [0.5, 0.6) is 11.5 Å². The summed E-state index contributed by atoms with van der Waals surface area (Å²) >= 11 is 0. The molecule has 0 spiro atoms. The first kappa shape index (κ1) is 36.3. The Morgan fingerprint density at radius 1 is 0.688 bits per heavy atom. The zero-order valence-corrected chi connectivity index (χ0v) is 18.6. The third-order valence-corrected chi connectivity index (χ3v) is 2.82. The Bertz CT molecular complexity index is 769. The Labute approximate surface area is 207 Å². The fourth-order valence-electron chi connectivity index (χ4n) is 1.65. The molecule has 0 saturated heterocycles. The van der Waals surface area contributed by atoms with E-state index in [1.807, 2.05) is 12.1 Å². The Morgan fingerprint density at radius 3 is 1.22 bits per heavy atom. The first-order chi connectivity index (χ1) is 14.5. The van der Waals surface area contributed by atoms with Crippen molar-refractivity contribution < 1.29 is 44.4 Å². The molecule has 32 heavy (non-hydrogen) atoms. The minimum atomic E-state index is -0.00160. The molecule has 14 heteroatoms. The third kappa shape index (κ3) is 21.7. The molecule has 0 aliphatic rings. The van der Waals surface area contributed by atoms with Gasteiger partial charge in [-0.05, 0) is 11.1 Å². The summed E-state index contributed by atoms with van der Waals surface area (Å²) in [5, 5.41) is 22.2. The summed E-state index contributed by atoms with van der Waals surface area (Å²) in [5.41, 5.74) is 38.7. The standard InChI is InChI=1S/2C9H12N2O.2Cu.2N3/c2*10-5-6-11-7-8-3-1-2-4-9(8)12;;;2*1-3-2/h2*1-4,7,12H,5-6,10H2;;;;/q;;2*+2;2*-1/p-2. The number of benzene rings is 2. The van der Waals surface area contributed by atoms with E-state index in [1.54, 1.807) is 36.7 Å². The van der Waals surface area contributed by atoms with Gasteiger partial charge in [-0.3, -0.25) is 19.8 Å². The Morgan fingerprint density at radius 2 is 0.969 bits per heavy atom. The van der Waals surface area contributed by atoms with E-state index in [-0.39, 0.29) is 45.6 Å². The van der Waals surface area contributed by atoms with Crippen molar-refractivity contribution in [2.45, 2.75) is 0 Å². The molecule has 2 rings (SSSR count). The fourth-order valence-corrected chi connectivity index (χ4v) is 1.65. The van der Waals surface area contributed by atoms with E-state index < -0.39 is 0 Å². The van der Waals surface area contributed by atoms with E-state index in [0.717, 1.165) is 0 Å². The summed E-state index contributed by atoms with van der Waals surface area (Å²) in [4.78, 5) is 10.9. The van der Waals surface area contributed by atoms with E-state index in [4.69, 9.17) is 33.6 Å². The van der Waals surface area contributed by atoms with Crippen LogP contribution in [-0.2, 0) is 34.1 Å². The minimum absolute atomic E-state index is 0. The second-order valence-corrected chi connectivity index (χ2v) is 4.90. The maximum atomic E-state index is 11.1. The van der Waals surface area contributed by atoms with Gasteiger partial charge in [-0.1, -0.05) is 48.5 Å². The van der Waals surface area contributed by atoms with Crippen molar-refractivity contribution in [2.24, 2.45) is 21.5 Å². The molecule has 0 aliphatic carbocycles. The summed E-state index contributed by atoms with van der Waals surface area (Å²) in [6.45, 7) is 2.15. The molecule has 0 amide bonds. The third-order valence-electron chi connectivity index (χ3n) is 2.82. The Hall–Kier alpha value is -3.04. The zero-order chi connectivity index (χ0) is 23.0. The van der Waals surface area contributed by atoms with Gasteiger partial charge >= 0.3 is 34.1 Å². The molecule has 0 aliphatic heterocycles. The Balaban J connectivity index is -0.000000187. The van der Waals surface area contributed by atoms with Crippen molar-refractivity contribution in [1.29, 1.82) is 0 Å². The molecule has 2 radical (unpaired) electrons. The fraction of sp³-hybridized carbons (Fsp3) is 0.222. The topological polar surface area (TPSA) is 240 Å². The number of aliphatic imine (C=N–C) groups is 2. The van der Waals surface area contributed by atoms with Gasteiger partial charge in [0.2, 0.25) is 0 Å². The first-order valence-corrected chi connectivity index (χ1v) is 8.41. The molecular formula is C18H22Cu2N10O2. The molecule has 0 saturated carbocycles. The zero-order valence-electron chi connectivity index (χ0n) is 16.8. The van der Waals surface area contributed by atoms with Crippen LogP contribution >= 0.6 is 0 Å². The number of rotatable bonds is 6. The normalized spacial score (nSPS) is 8.56. The SMILES string of the molecule is NCCN=Cc1ccccc1[O-].NCCN=Cc1ccccc1[O-].[Cu+2].[Cu+2].[N-]=[N+]=[N-].[N-]=[N+]=[N-]. The van der Waals surface area contributed by atoms with Gasteiger partial charge in [0.1, 0.15) is 0 Å². The van der Waals surface area contributed by atoms with Crippen molar-refractivity contribution in [3.8, 4) is 11.5 Å². The van der Waals surface area contributed by atoms with Crippen molar-refractivity contribution in [1.82, 2.24) is 0 Å². The van der Waals surface area contributed by atoms with Crippen molar-refractivity contribution in [3.05, 3.63) is 91.6 Å². The summed E-state index contributed by atoms with van der Waals surface area (Å²) in [6.07, 6.45) is 3.13. The molecular weight excluding hydrogens is 515 g/mol. The summed E-state index contributed by atoms with van der Waals surface area (Å²) in [5.74, 6) is -0.00320. The van der Waals surface area contributed by atoms with Gasteiger partial charge in [0.25, 0.3) is 0 Å². The molecule has 178 valence electrons. The first-order valence-electron chi connectivity index (χ1n) is 8.41. The van der Waals surface area contributed by atoms with Crippen LogP contribution in [0.3, 0.4) is 0 Å². The molecule has 12 nitrogen and oxygen atoms in total. The van der Waals surface area contributed by atoms with Gasteiger partial charge in [0.15, 0.2) is 0 Å². The molecule has 0 aromatic heterocycles. The predicted molar refractivity (Wildman–Crippen MR) is 115 cm³/mol. The van der Waals surface area contributed by atoms with Crippen LogP contribution in [0.25, 0.3) is 31.9 Å². The number of hydrogen-bond donors (Lipinski definition) is 2. The smallest absolute Gasteiger partial charge is 0.872 e. The van der Waals surface area contributed by atoms with E-state index in [9.17, 15) is 10.2 Å². The minimum Gasteiger partial charge on any atom is -0.872 e. The van der Waals surface area contributed by atoms with Crippen LogP contribution < -0.4 is 21.7 Å². The number of nitrogens with zero attached hydrogens (tertiary/aromatic N) is 8. The number of nitrogens with two attached hydrogens (primary N) is 2. The van der Waals surface area contributed by atoms with E-state index in [1.165, 1.54) is 22.0 Å². The van der Waals surface area contributed by atoms with Crippen LogP contribution in [-0.4, -0.2) is 38.6 Å². The molecule has 0 unspecified atom stereocenters. The van der Waals surface area contributed by atoms with Crippen LogP contribution in [0.15, 0.2) is 58.5 Å². The molecule has 2 aromatic rings. The average molecular weight is 538 g/mol.